The maximum atomic E-state index is 10.8. The van der Waals surface area contributed by atoms with Crippen molar-refractivity contribution in [3.63, 3.8) is 0 Å². The molecule has 2 aromatic carbocycles. The molecule has 0 bridgehead atoms. The van der Waals surface area contributed by atoms with Gasteiger partial charge in [0.2, 0.25) is 0 Å². The predicted molar refractivity (Wildman–Crippen MR) is 61.4 cm³/mol. The Bertz CT molecular complexity index is 506. The van der Waals surface area contributed by atoms with Gasteiger partial charge in [0.15, 0.2) is 0 Å². The first-order chi connectivity index (χ1) is 6.68. The van der Waals surface area contributed by atoms with Gasteiger partial charge in [0, 0.05) is 25.8 Å². The van der Waals surface area contributed by atoms with Crippen molar-refractivity contribution in [2.24, 2.45) is 0 Å². The number of rotatable bonds is 1. The summed E-state index contributed by atoms with van der Waals surface area (Å²) in [5.41, 5.74) is 1.44. The molecule has 73 valence electrons. The van der Waals surface area contributed by atoms with Crippen LogP contribution in [0.3, 0.4) is 0 Å². The van der Waals surface area contributed by atoms with Crippen LogP contribution in [0.5, 0.6) is 0 Å². The first-order valence-electron chi connectivity index (χ1n) is 4.41. The Balaban J connectivity index is 0.00000112. The number of hydrogen-bond acceptors (Lipinski definition) is 1. The standard InChI is InChI=1S/C12H10O2.In/c1-8-3-2-4-9-5-6-10(12(13)14)7-11(8)9;/h2-7H,1H3,(H,13,14);. The van der Waals surface area contributed by atoms with E-state index in [1.165, 1.54) is 0 Å². The van der Waals surface area contributed by atoms with Crippen molar-refractivity contribution >= 4 is 42.6 Å². The van der Waals surface area contributed by atoms with E-state index in [2.05, 4.69) is 0 Å². The first-order valence-corrected chi connectivity index (χ1v) is 4.41. The Morgan fingerprint density at radius 1 is 1.20 bits per heavy atom. The fourth-order valence-electron chi connectivity index (χ4n) is 1.56. The van der Waals surface area contributed by atoms with Crippen LogP contribution in [0.15, 0.2) is 36.4 Å². The van der Waals surface area contributed by atoms with Gasteiger partial charge in [-0.05, 0) is 35.4 Å². The van der Waals surface area contributed by atoms with Crippen LogP contribution in [-0.4, -0.2) is 36.9 Å². The molecular weight excluding hydrogens is 291 g/mol. The molecule has 0 fully saturated rings. The second-order valence-corrected chi connectivity index (χ2v) is 3.32. The molecule has 3 radical (unpaired) electrons. The van der Waals surface area contributed by atoms with Gasteiger partial charge in [0.05, 0.1) is 5.56 Å². The van der Waals surface area contributed by atoms with Gasteiger partial charge in [-0.25, -0.2) is 4.79 Å². The van der Waals surface area contributed by atoms with E-state index in [4.69, 9.17) is 5.11 Å². The molecule has 15 heavy (non-hydrogen) atoms. The Morgan fingerprint density at radius 3 is 2.60 bits per heavy atom. The van der Waals surface area contributed by atoms with Gasteiger partial charge in [0.1, 0.15) is 0 Å². The van der Waals surface area contributed by atoms with Crippen molar-refractivity contribution in [2.75, 3.05) is 0 Å². The maximum Gasteiger partial charge on any atom is 0.335 e. The minimum atomic E-state index is -0.879. The summed E-state index contributed by atoms with van der Waals surface area (Å²) in [6.07, 6.45) is 0. The van der Waals surface area contributed by atoms with Crippen molar-refractivity contribution in [1.29, 1.82) is 0 Å². The molecule has 0 aliphatic heterocycles. The molecule has 2 nitrogen and oxygen atoms in total. The Hall–Kier alpha value is -0.960. The van der Waals surface area contributed by atoms with Gasteiger partial charge < -0.3 is 5.11 Å². The molecule has 0 saturated heterocycles. The van der Waals surface area contributed by atoms with Crippen LogP contribution in [0.4, 0.5) is 0 Å². The number of carboxylic acid groups (broad SMARTS) is 1. The third-order valence-corrected chi connectivity index (χ3v) is 2.35. The predicted octanol–water partition coefficient (Wildman–Crippen LogP) is 2.47. The van der Waals surface area contributed by atoms with E-state index in [0.717, 1.165) is 16.3 Å². The van der Waals surface area contributed by atoms with Gasteiger partial charge in [-0.1, -0.05) is 24.3 Å². The van der Waals surface area contributed by atoms with Gasteiger partial charge in [-0.3, -0.25) is 0 Å². The number of carbonyl (C=O) groups is 1. The zero-order chi connectivity index (χ0) is 10.1. The zero-order valence-corrected chi connectivity index (χ0v) is 11.7. The van der Waals surface area contributed by atoms with Crippen LogP contribution in [0, 0.1) is 6.92 Å². The quantitative estimate of drug-likeness (QED) is 0.878. The van der Waals surface area contributed by atoms with E-state index in [9.17, 15) is 4.79 Å². The van der Waals surface area contributed by atoms with Gasteiger partial charge in [0.25, 0.3) is 0 Å². The van der Waals surface area contributed by atoms with E-state index in [-0.39, 0.29) is 25.8 Å². The summed E-state index contributed by atoms with van der Waals surface area (Å²) < 4.78 is 0. The number of benzene rings is 2. The largest absolute Gasteiger partial charge is 0.478 e. The van der Waals surface area contributed by atoms with Crippen LogP contribution in [0.2, 0.25) is 0 Å². The molecule has 0 atom stereocenters. The summed E-state index contributed by atoms with van der Waals surface area (Å²) in [4.78, 5) is 10.8. The monoisotopic (exact) mass is 301 g/mol. The average Bonchev–Trinajstić information content (AvgIpc) is 2.18. The smallest absolute Gasteiger partial charge is 0.335 e. The molecule has 2 rings (SSSR count). The Labute approximate surface area is 107 Å². The summed E-state index contributed by atoms with van der Waals surface area (Å²) in [7, 11) is 0. The van der Waals surface area contributed by atoms with Crippen molar-refractivity contribution in [1.82, 2.24) is 0 Å². The molecule has 0 aromatic heterocycles. The summed E-state index contributed by atoms with van der Waals surface area (Å²) >= 11 is 0. The first kappa shape index (κ1) is 12.1. The number of hydrogen-bond donors (Lipinski definition) is 1. The molecule has 0 aliphatic carbocycles. The van der Waals surface area contributed by atoms with E-state index >= 15 is 0 Å². The van der Waals surface area contributed by atoms with Crippen LogP contribution >= 0.6 is 0 Å². The third kappa shape index (κ3) is 2.34. The summed E-state index contributed by atoms with van der Waals surface area (Å²) in [6.45, 7) is 1.98. The molecule has 0 unspecified atom stereocenters. The van der Waals surface area contributed by atoms with Crippen LogP contribution in [-0.2, 0) is 0 Å². The van der Waals surface area contributed by atoms with Gasteiger partial charge in [-0.15, -0.1) is 0 Å². The van der Waals surface area contributed by atoms with Crippen LogP contribution in [0.1, 0.15) is 15.9 Å². The van der Waals surface area contributed by atoms with Crippen molar-refractivity contribution in [3.05, 3.63) is 47.5 Å². The molecule has 2 aromatic rings. The molecule has 0 aliphatic rings. The summed E-state index contributed by atoms with van der Waals surface area (Å²) in [6, 6.07) is 11.1. The average molecular weight is 301 g/mol. The molecule has 0 saturated carbocycles. The number of carboxylic acids is 1. The molecule has 3 heteroatoms. The second kappa shape index (κ2) is 4.71. The fraction of sp³-hybridized carbons (Fsp3) is 0.0833. The molecule has 0 heterocycles. The number of aromatic carboxylic acids is 1. The Kier molecular flexibility index (Phi) is 3.80. The van der Waals surface area contributed by atoms with E-state index < -0.39 is 5.97 Å². The topological polar surface area (TPSA) is 37.3 Å². The summed E-state index contributed by atoms with van der Waals surface area (Å²) in [5.74, 6) is -0.879. The van der Waals surface area contributed by atoms with E-state index in [0.29, 0.717) is 5.56 Å². The normalized spacial score (nSPS) is 9.67. The maximum absolute atomic E-state index is 10.8. The fourth-order valence-corrected chi connectivity index (χ4v) is 1.56. The summed E-state index contributed by atoms with van der Waals surface area (Å²) in [5, 5.41) is 10.9. The van der Waals surface area contributed by atoms with Gasteiger partial charge in [-0.2, -0.15) is 0 Å². The van der Waals surface area contributed by atoms with E-state index in [1.807, 2.05) is 31.2 Å². The van der Waals surface area contributed by atoms with Crippen molar-refractivity contribution < 1.29 is 9.90 Å². The third-order valence-electron chi connectivity index (χ3n) is 2.35. The van der Waals surface area contributed by atoms with Crippen LogP contribution in [0.25, 0.3) is 10.8 Å². The van der Waals surface area contributed by atoms with Gasteiger partial charge >= 0.3 is 5.97 Å². The molecular formula is C12H10InO2. The minimum Gasteiger partial charge on any atom is -0.478 e. The van der Waals surface area contributed by atoms with Crippen molar-refractivity contribution in [3.8, 4) is 0 Å². The number of aryl methyl sites for hydroxylation is 1. The van der Waals surface area contributed by atoms with E-state index in [1.54, 1.807) is 12.1 Å². The molecule has 1 N–H and O–H groups in total. The van der Waals surface area contributed by atoms with Crippen LogP contribution < -0.4 is 0 Å². The second-order valence-electron chi connectivity index (χ2n) is 3.32. The molecule has 0 spiro atoms. The molecule has 0 amide bonds. The minimum absolute atomic E-state index is 0. The SMILES string of the molecule is Cc1cccc2ccc(C(=O)O)cc12.[In]. The Morgan fingerprint density at radius 2 is 1.93 bits per heavy atom. The zero-order valence-electron chi connectivity index (χ0n) is 8.40. The number of fused-ring (bicyclic) bond motifs is 1. The van der Waals surface area contributed by atoms with Crippen molar-refractivity contribution in [2.45, 2.75) is 6.92 Å².